The van der Waals surface area contributed by atoms with Gasteiger partial charge in [-0.05, 0) is 13.3 Å². The van der Waals surface area contributed by atoms with Crippen molar-refractivity contribution in [2.75, 3.05) is 13.7 Å². The highest BCUT2D eigenvalue weighted by molar-refractivity contribution is 5.82. The third-order valence-corrected chi connectivity index (χ3v) is 3.31. The fourth-order valence-electron chi connectivity index (χ4n) is 2.21. The standard InChI is InChI=1S/C12H20N4O2/c1-8-9(7-16(2)15-8)5-14-12(17)11-4-10(18-3)6-13-11/h7,10-11,13H,4-6H2,1-3H3,(H,14,17). The number of rotatable bonds is 4. The highest BCUT2D eigenvalue weighted by atomic mass is 16.5. The van der Waals surface area contributed by atoms with Crippen molar-refractivity contribution in [3.05, 3.63) is 17.5 Å². The van der Waals surface area contributed by atoms with Crippen molar-refractivity contribution < 1.29 is 9.53 Å². The predicted octanol–water partition coefficient (Wildman–Crippen LogP) is -0.278. The van der Waals surface area contributed by atoms with Crippen LogP contribution in [0.25, 0.3) is 0 Å². The largest absolute Gasteiger partial charge is 0.380 e. The lowest BCUT2D eigenvalue weighted by molar-refractivity contribution is -0.123. The molecule has 6 nitrogen and oxygen atoms in total. The van der Waals surface area contributed by atoms with Gasteiger partial charge in [-0.2, -0.15) is 5.10 Å². The molecule has 2 N–H and O–H groups in total. The zero-order valence-electron chi connectivity index (χ0n) is 11.1. The van der Waals surface area contributed by atoms with Crippen LogP contribution in [0, 0.1) is 6.92 Å². The summed E-state index contributed by atoms with van der Waals surface area (Å²) in [6, 6.07) is -0.146. The van der Waals surface area contributed by atoms with Gasteiger partial charge in [0.15, 0.2) is 0 Å². The summed E-state index contributed by atoms with van der Waals surface area (Å²) in [5.74, 6) is 0.0257. The zero-order valence-corrected chi connectivity index (χ0v) is 11.1. The van der Waals surface area contributed by atoms with E-state index >= 15 is 0 Å². The van der Waals surface area contributed by atoms with Crippen LogP contribution in [0.3, 0.4) is 0 Å². The molecule has 1 saturated heterocycles. The Labute approximate surface area is 107 Å². The molecule has 0 radical (unpaired) electrons. The summed E-state index contributed by atoms with van der Waals surface area (Å²) in [5, 5.41) is 10.3. The second kappa shape index (κ2) is 5.49. The molecule has 1 fully saturated rings. The number of carbonyl (C=O) groups excluding carboxylic acids is 1. The molecule has 0 aromatic carbocycles. The van der Waals surface area contributed by atoms with Gasteiger partial charge in [-0.25, -0.2) is 0 Å². The number of ether oxygens (including phenoxy) is 1. The van der Waals surface area contributed by atoms with E-state index in [-0.39, 0.29) is 18.1 Å². The van der Waals surface area contributed by atoms with E-state index in [1.807, 2.05) is 20.2 Å². The molecular formula is C12H20N4O2. The molecule has 1 aromatic heterocycles. The Hall–Kier alpha value is -1.40. The van der Waals surface area contributed by atoms with Gasteiger partial charge in [0.1, 0.15) is 0 Å². The van der Waals surface area contributed by atoms with Gasteiger partial charge >= 0.3 is 0 Å². The maximum absolute atomic E-state index is 11.9. The maximum atomic E-state index is 11.9. The lowest BCUT2D eigenvalue weighted by Gasteiger charge is -2.10. The number of nitrogens with one attached hydrogen (secondary N) is 2. The summed E-state index contributed by atoms with van der Waals surface area (Å²) in [4.78, 5) is 11.9. The molecule has 0 saturated carbocycles. The molecule has 1 aliphatic heterocycles. The Balaban J connectivity index is 1.84. The van der Waals surface area contributed by atoms with Crippen molar-refractivity contribution in [2.24, 2.45) is 7.05 Å². The summed E-state index contributed by atoms with van der Waals surface area (Å²) in [7, 11) is 3.55. The van der Waals surface area contributed by atoms with Gasteiger partial charge in [-0.15, -0.1) is 0 Å². The molecule has 18 heavy (non-hydrogen) atoms. The first-order chi connectivity index (χ1) is 8.60. The monoisotopic (exact) mass is 252 g/mol. The minimum Gasteiger partial charge on any atom is -0.380 e. The Bertz CT molecular complexity index is 430. The van der Waals surface area contributed by atoms with Crippen molar-refractivity contribution in [1.82, 2.24) is 20.4 Å². The minimum atomic E-state index is -0.146. The molecule has 2 atom stereocenters. The number of nitrogens with zero attached hydrogens (tertiary/aromatic N) is 2. The third-order valence-electron chi connectivity index (χ3n) is 3.31. The fourth-order valence-corrected chi connectivity index (χ4v) is 2.21. The van der Waals surface area contributed by atoms with E-state index in [1.54, 1.807) is 11.8 Å². The fraction of sp³-hybridized carbons (Fsp3) is 0.667. The van der Waals surface area contributed by atoms with Crippen molar-refractivity contribution >= 4 is 5.91 Å². The highest BCUT2D eigenvalue weighted by Crippen LogP contribution is 2.10. The second-order valence-corrected chi connectivity index (χ2v) is 4.69. The van der Waals surface area contributed by atoms with E-state index in [1.165, 1.54) is 0 Å². The smallest absolute Gasteiger partial charge is 0.237 e. The van der Waals surface area contributed by atoms with Gasteiger partial charge < -0.3 is 15.4 Å². The zero-order chi connectivity index (χ0) is 13.1. The molecule has 0 spiro atoms. The van der Waals surface area contributed by atoms with E-state index < -0.39 is 0 Å². The van der Waals surface area contributed by atoms with Crippen LogP contribution < -0.4 is 10.6 Å². The Kier molecular flexibility index (Phi) is 3.98. The first kappa shape index (κ1) is 13.0. The molecule has 2 heterocycles. The van der Waals surface area contributed by atoms with E-state index in [2.05, 4.69) is 15.7 Å². The van der Waals surface area contributed by atoms with Crippen molar-refractivity contribution in [3.8, 4) is 0 Å². The molecule has 1 aromatic rings. The van der Waals surface area contributed by atoms with Crippen LogP contribution >= 0.6 is 0 Å². The molecule has 0 aliphatic carbocycles. The Morgan fingerprint density at radius 2 is 2.50 bits per heavy atom. The molecule has 2 rings (SSSR count). The van der Waals surface area contributed by atoms with Gasteiger partial charge in [-0.1, -0.05) is 0 Å². The summed E-state index contributed by atoms with van der Waals surface area (Å²) in [6.45, 7) is 3.20. The van der Waals surface area contributed by atoms with Gasteiger partial charge in [0.2, 0.25) is 5.91 Å². The lowest BCUT2D eigenvalue weighted by atomic mass is 10.2. The van der Waals surface area contributed by atoms with Crippen molar-refractivity contribution in [2.45, 2.75) is 32.0 Å². The van der Waals surface area contributed by atoms with E-state index in [4.69, 9.17) is 4.74 Å². The van der Waals surface area contributed by atoms with Crippen LogP contribution in [0.5, 0.6) is 0 Å². The van der Waals surface area contributed by atoms with Gasteiger partial charge in [0, 0.05) is 39.0 Å². The minimum absolute atomic E-state index is 0.0257. The number of hydrogen-bond acceptors (Lipinski definition) is 4. The normalized spacial score (nSPS) is 23.3. The summed E-state index contributed by atoms with van der Waals surface area (Å²) in [6.07, 6.45) is 2.80. The van der Waals surface area contributed by atoms with Crippen LogP contribution in [0.4, 0.5) is 0 Å². The second-order valence-electron chi connectivity index (χ2n) is 4.69. The number of methoxy groups -OCH3 is 1. The number of aromatic nitrogens is 2. The molecular weight excluding hydrogens is 232 g/mol. The number of hydrogen-bond donors (Lipinski definition) is 2. The molecule has 0 bridgehead atoms. The number of carbonyl (C=O) groups is 1. The quantitative estimate of drug-likeness (QED) is 0.773. The van der Waals surface area contributed by atoms with Gasteiger partial charge in [-0.3, -0.25) is 9.48 Å². The first-order valence-corrected chi connectivity index (χ1v) is 6.13. The van der Waals surface area contributed by atoms with Crippen LogP contribution in [-0.2, 0) is 23.1 Å². The average molecular weight is 252 g/mol. The van der Waals surface area contributed by atoms with E-state index in [9.17, 15) is 4.79 Å². The maximum Gasteiger partial charge on any atom is 0.237 e. The van der Waals surface area contributed by atoms with Crippen LogP contribution in [0.1, 0.15) is 17.7 Å². The highest BCUT2D eigenvalue weighted by Gasteiger charge is 2.29. The van der Waals surface area contributed by atoms with Gasteiger partial charge in [0.25, 0.3) is 0 Å². The lowest BCUT2D eigenvalue weighted by Crippen LogP contribution is -2.40. The van der Waals surface area contributed by atoms with Crippen molar-refractivity contribution in [1.29, 1.82) is 0 Å². The topological polar surface area (TPSA) is 68.2 Å². The third kappa shape index (κ3) is 2.88. The summed E-state index contributed by atoms with van der Waals surface area (Å²) in [5.41, 5.74) is 2.00. The Morgan fingerprint density at radius 3 is 3.06 bits per heavy atom. The van der Waals surface area contributed by atoms with E-state index in [0.29, 0.717) is 6.54 Å². The number of aryl methyl sites for hydroxylation is 2. The predicted molar refractivity (Wildman–Crippen MR) is 67.0 cm³/mol. The average Bonchev–Trinajstić information content (AvgIpc) is 2.93. The molecule has 6 heteroatoms. The molecule has 1 amide bonds. The van der Waals surface area contributed by atoms with Crippen LogP contribution in [0.15, 0.2) is 6.20 Å². The molecule has 2 unspecified atom stereocenters. The number of amides is 1. The van der Waals surface area contributed by atoms with Crippen molar-refractivity contribution in [3.63, 3.8) is 0 Å². The summed E-state index contributed by atoms with van der Waals surface area (Å²) < 4.78 is 6.98. The SMILES string of the molecule is COC1CNC(C(=O)NCc2cn(C)nc2C)C1. The van der Waals surface area contributed by atoms with E-state index in [0.717, 1.165) is 24.2 Å². The van der Waals surface area contributed by atoms with Crippen LogP contribution in [0.2, 0.25) is 0 Å². The Morgan fingerprint density at radius 1 is 1.72 bits per heavy atom. The van der Waals surface area contributed by atoms with Crippen LogP contribution in [-0.4, -0.2) is 41.5 Å². The first-order valence-electron chi connectivity index (χ1n) is 6.13. The van der Waals surface area contributed by atoms with Gasteiger partial charge in [0.05, 0.1) is 17.8 Å². The molecule has 1 aliphatic rings. The molecule has 100 valence electrons. The summed E-state index contributed by atoms with van der Waals surface area (Å²) >= 11 is 0.